The molecule has 0 heterocycles. The highest BCUT2D eigenvalue weighted by molar-refractivity contribution is 9.10. The van der Waals surface area contributed by atoms with Crippen LogP contribution in [0.4, 0.5) is 4.39 Å². The van der Waals surface area contributed by atoms with Crippen molar-refractivity contribution in [1.82, 2.24) is 0 Å². The Morgan fingerprint density at radius 1 is 1.17 bits per heavy atom. The van der Waals surface area contributed by atoms with E-state index in [1.807, 2.05) is 0 Å². The molecule has 0 radical (unpaired) electrons. The molecule has 0 bridgehead atoms. The Hall–Kier alpha value is -0.900. The Bertz CT molecular complexity index is 584. The van der Waals surface area contributed by atoms with Crippen LogP contribution in [0.15, 0.2) is 46.9 Å². The SMILES string of the molecule is CC(O)(c1cc(Br)ccc1F)c1ccccc1Cl. The van der Waals surface area contributed by atoms with Crippen LogP contribution < -0.4 is 0 Å². The molecule has 0 aliphatic rings. The minimum atomic E-state index is -1.48. The van der Waals surface area contributed by atoms with E-state index < -0.39 is 11.4 Å². The molecule has 1 nitrogen and oxygen atoms in total. The highest BCUT2D eigenvalue weighted by Crippen LogP contribution is 2.36. The lowest BCUT2D eigenvalue weighted by Gasteiger charge is -2.26. The molecular formula is C14H11BrClFO. The van der Waals surface area contributed by atoms with Crippen LogP contribution in [-0.4, -0.2) is 5.11 Å². The Balaban J connectivity index is 2.61. The van der Waals surface area contributed by atoms with E-state index in [2.05, 4.69) is 15.9 Å². The first-order valence-electron chi connectivity index (χ1n) is 5.36. The fourth-order valence-electron chi connectivity index (χ4n) is 1.87. The van der Waals surface area contributed by atoms with Crippen molar-refractivity contribution in [3.63, 3.8) is 0 Å². The summed E-state index contributed by atoms with van der Waals surface area (Å²) in [4.78, 5) is 0. The number of halogens is 3. The first-order valence-corrected chi connectivity index (χ1v) is 6.53. The summed E-state index contributed by atoms with van der Waals surface area (Å²) in [6.45, 7) is 1.53. The fourth-order valence-corrected chi connectivity index (χ4v) is 2.55. The third kappa shape index (κ3) is 2.44. The molecule has 2 aromatic rings. The number of hydrogen-bond donors (Lipinski definition) is 1. The smallest absolute Gasteiger partial charge is 0.129 e. The molecule has 1 N–H and O–H groups in total. The third-order valence-electron chi connectivity index (χ3n) is 2.85. The second-order valence-corrected chi connectivity index (χ2v) is 5.50. The number of benzene rings is 2. The van der Waals surface area contributed by atoms with Gasteiger partial charge in [0.05, 0.1) is 0 Å². The second kappa shape index (κ2) is 5.00. The maximum absolute atomic E-state index is 13.9. The maximum Gasteiger partial charge on any atom is 0.129 e. The Morgan fingerprint density at radius 2 is 1.83 bits per heavy atom. The van der Waals surface area contributed by atoms with Crippen LogP contribution in [0.3, 0.4) is 0 Å². The topological polar surface area (TPSA) is 20.2 Å². The zero-order chi connectivity index (χ0) is 13.3. The molecule has 18 heavy (non-hydrogen) atoms. The van der Waals surface area contributed by atoms with Crippen molar-refractivity contribution >= 4 is 27.5 Å². The molecule has 1 unspecified atom stereocenters. The normalized spacial score (nSPS) is 14.3. The summed E-state index contributed by atoms with van der Waals surface area (Å²) in [5.41, 5.74) is -0.819. The van der Waals surface area contributed by atoms with Crippen LogP contribution >= 0.6 is 27.5 Å². The van der Waals surface area contributed by atoms with Crippen LogP contribution in [0.2, 0.25) is 5.02 Å². The Labute approximate surface area is 118 Å². The second-order valence-electron chi connectivity index (χ2n) is 4.18. The van der Waals surface area contributed by atoms with E-state index in [0.717, 1.165) is 0 Å². The summed E-state index contributed by atoms with van der Waals surface area (Å²) < 4.78 is 14.6. The first kappa shape index (κ1) is 13.5. The maximum atomic E-state index is 13.9. The van der Waals surface area contributed by atoms with E-state index in [1.165, 1.54) is 13.0 Å². The number of rotatable bonds is 2. The van der Waals surface area contributed by atoms with Crippen LogP contribution in [-0.2, 0) is 5.60 Å². The van der Waals surface area contributed by atoms with E-state index >= 15 is 0 Å². The molecule has 2 aromatic carbocycles. The van der Waals surface area contributed by atoms with E-state index in [9.17, 15) is 9.50 Å². The van der Waals surface area contributed by atoms with Crippen molar-refractivity contribution in [1.29, 1.82) is 0 Å². The van der Waals surface area contributed by atoms with Crippen LogP contribution in [0.1, 0.15) is 18.1 Å². The lowest BCUT2D eigenvalue weighted by atomic mass is 9.88. The van der Waals surface area contributed by atoms with Gasteiger partial charge in [-0.1, -0.05) is 45.7 Å². The van der Waals surface area contributed by atoms with Crippen molar-refractivity contribution in [3.05, 3.63) is 68.9 Å². The largest absolute Gasteiger partial charge is 0.381 e. The molecule has 0 fully saturated rings. The quantitative estimate of drug-likeness (QED) is 0.860. The molecule has 0 amide bonds. The van der Waals surface area contributed by atoms with Gasteiger partial charge in [0.1, 0.15) is 11.4 Å². The monoisotopic (exact) mass is 328 g/mol. The van der Waals surface area contributed by atoms with Gasteiger partial charge in [-0.05, 0) is 31.2 Å². The van der Waals surface area contributed by atoms with Gasteiger partial charge >= 0.3 is 0 Å². The van der Waals surface area contributed by atoms with Crippen molar-refractivity contribution in [3.8, 4) is 0 Å². The van der Waals surface area contributed by atoms with Crippen molar-refractivity contribution in [2.45, 2.75) is 12.5 Å². The van der Waals surface area contributed by atoms with Crippen molar-refractivity contribution in [2.75, 3.05) is 0 Å². The zero-order valence-electron chi connectivity index (χ0n) is 9.62. The summed E-state index contributed by atoms with van der Waals surface area (Å²) in [6, 6.07) is 11.3. The summed E-state index contributed by atoms with van der Waals surface area (Å²) in [6.07, 6.45) is 0. The molecule has 4 heteroatoms. The number of hydrogen-bond acceptors (Lipinski definition) is 1. The van der Waals surface area contributed by atoms with Gasteiger partial charge in [0, 0.05) is 20.6 Å². The predicted octanol–water partition coefficient (Wildman–Crippen LogP) is 4.50. The van der Waals surface area contributed by atoms with Gasteiger partial charge in [-0.2, -0.15) is 0 Å². The summed E-state index contributed by atoms with van der Waals surface area (Å²) in [5, 5.41) is 11.0. The highest BCUT2D eigenvalue weighted by Gasteiger charge is 2.30. The van der Waals surface area contributed by atoms with Crippen molar-refractivity contribution < 1.29 is 9.50 Å². The summed E-state index contributed by atoms with van der Waals surface area (Å²) in [5.74, 6) is -0.469. The van der Waals surface area contributed by atoms with E-state index in [0.29, 0.717) is 15.1 Å². The van der Waals surface area contributed by atoms with Gasteiger partial charge in [0.25, 0.3) is 0 Å². The highest BCUT2D eigenvalue weighted by atomic mass is 79.9. The minimum Gasteiger partial charge on any atom is -0.381 e. The van der Waals surface area contributed by atoms with Crippen LogP contribution in [0.5, 0.6) is 0 Å². The molecule has 0 aliphatic carbocycles. The van der Waals surface area contributed by atoms with Crippen LogP contribution in [0.25, 0.3) is 0 Å². The van der Waals surface area contributed by atoms with Crippen molar-refractivity contribution in [2.24, 2.45) is 0 Å². The third-order valence-corrected chi connectivity index (χ3v) is 3.67. The molecule has 2 rings (SSSR count). The van der Waals surface area contributed by atoms with Gasteiger partial charge in [-0.3, -0.25) is 0 Å². The molecule has 0 spiro atoms. The van der Waals surface area contributed by atoms with E-state index in [4.69, 9.17) is 11.6 Å². The number of aliphatic hydroxyl groups is 1. The molecule has 0 aromatic heterocycles. The van der Waals surface area contributed by atoms with Gasteiger partial charge in [-0.25, -0.2) is 4.39 Å². The molecule has 0 aliphatic heterocycles. The summed E-state index contributed by atoms with van der Waals surface area (Å²) >= 11 is 9.33. The first-order chi connectivity index (χ1) is 8.43. The fraction of sp³-hybridized carbons (Fsp3) is 0.143. The lowest BCUT2D eigenvalue weighted by molar-refractivity contribution is 0.0980. The average Bonchev–Trinajstić information content (AvgIpc) is 2.32. The summed E-state index contributed by atoms with van der Waals surface area (Å²) in [7, 11) is 0. The molecule has 0 saturated heterocycles. The standard InChI is InChI=1S/C14H11BrClFO/c1-14(18,10-4-2-3-5-12(10)16)11-8-9(15)6-7-13(11)17/h2-8,18H,1H3. The predicted molar refractivity (Wildman–Crippen MR) is 74.2 cm³/mol. The van der Waals surface area contributed by atoms with Gasteiger partial charge < -0.3 is 5.11 Å². The molecule has 1 atom stereocenters. The molecule has 0 saturated carbocycles. The lowest BCUT2D eigenvalue weighted by Crippen LogP contribution is -2.24. The Kier molecular flexibility index (Phi) is 3.76. The molecule has 94 valence electrons. The van der Waals surface area contributed by atoms with Gasteiger partial charge in [0.2, 0.25) is 0 Å². The van der Waals surface area contributed by atoms with E-state index in [-0.39, 0.29) is 5.56 Å². The van der Waals surface area contributed by atoms with E-state index in [1.54, 1.807) is 36.4 Å². The Morgan fingerprint density at radius 3 is 2.50 bits per heavy atom. The average molecular weight is 330 g/mol. The minimum absolute atomic E-state index is 0.185. The van der Waals surface area contributed by atoms with Gasteiger partial charge in [0.15, 0.2) is 0 Å². The van der Waals surface area contributed by atoms with Crippen LogP contribution in [0, 0.1) is 5.82 Å². The zero-order valence-corrected chi connectivity index (χ0v) is 12.0. The van der Waals surface area contributed by atoms with Gasteiger partial charge in [-0.15, -0.1) is 0 Å². The molecular weight excluding hydrogens is 319 g/mol.